The summed E-state index contributed by atoms with van der Waals surface area (Å²) in [6.07, 6.45) is 8.89. The van der Waals surface area contributed by atoms with E-state index in [1.54, 1.807) is 0 Å². The predicted molar refractivity (Wildman–Crippen MR) is 125 cm³/mol. The van der Waals surface area contributed by atoms with Crippen molar-refractivity contribution >= 4 is 5.97 Å². The third-order valence-corrected chi connectivity index (χ3v) is 5.46. The minimum absolute atomic E-state index is 0.325. The molecule has 0 amide bonds. The van der Waals surface area contributed by atoms with Crippen LogP contribution in [0.2, 0.25) is 0 Å². The van der Waals surface area contributed by atoms with Gasteiger partial charge < -0.3 is 4.74 Å². The van der Waals surface area contributed by atoms with Crippen molar-refractivity contribution < 1.29 is 9.53 Å². The smallest absolute Gasteiger partial charge is 0.343 e. The Morgan fingerprint density at radius 1 is 0.700 bits per heavy atom. The van der Waals surface area contributed by atoms with E-state index in [-0.39, 0.29) is 5.97 Å². The van der Waals surface area contributed by atoms with Crippen molar-refractivity contribution in [2.45, 2.75) is 58.8 Å². The highest BCUT2D eigenvalue weighted by Gasteiger charge is 2.09. The fourth-order valence-electron chi connectivity index (χ4n) is 3.54. The Balaban J connectivity index is 1.50. The van der Waals surface area contributed by atoms with Gasteiger partial charge in [0.15, 0.2) is 0 Å². The Labute approximate surface area is 180 Å². The summed E-state index contributed by atoms with van der Waals surface area (Å²) in [5.74, 6) is 0.267. The van der Waals surface area contributed by atoms with Crippen LogP contribution in [0.15, 0.2) is 72.8 Å². The molecule has 0 fully saturated rings. The minimum atomic E-state index is -0.325. The molecule has 0 saturated carbocycles. The molecule has 3 rings (SSSR count). The number of hydrogen-bond acceptors (Lipinski definition) is 2. The molecule has 0 N–H and O–H groups in total. The van der Waals surface area contributed by atoms with Crippen LogP contribution in [0, 0.1) is 6.92 Å². The quantitative estimate of drug-likeness (QED) is 0.197. The Kier molecular flexibility index (Phi) is 8.26. The summed E-state index contributed by atoms with van der Waals surface area (Å²) in [5, 5.41) is 0. The average Bonchev–Trinajstić information content (AvgIpc) is 2.78. The second kappa shape index (κ2) is 11.3. The minimum Gasteiger partial charge on any atom is -0.423 e. The monoisotopic (exact) mass is 400 g/mol. The first-order valence-electron chi connectivity index (χ1n) is 11.1. The van der Waals surface area contributed by atoms with E-state index in [0.717, 1.165) is 17.5 Å². The first-order valence-corrected chi connectivity index (χ1v) is 11.1. The zero-order valence-electron chi connectivity index (χ0n) is 18.2. The van der Waals surface area contributed by atoms with Gasteiger partial charge in [-0.05, 0) is 60.7 Å². The number of hydrogen-bond donors (Lipinski definition) is 0. The summed E-state index contributed by atoms with van der Waals surface area (Å²) in [5.41, 5.74) is 5.32. The summed E-state index contributed by atoms with van der Waals surface area (Å²) in [4.78, 5) is 12.5. The first-order chi connectivity index (χ1) is 14.7. The summed E-state index contributed by atoms with van der Waals surface area (Å²) in [7, 11) is 0. The summed E-state index contributed by atoms with van der Waals surface area (Å²) >= 11 is 0. The van der Waals surface area contributed by atoms with Gasteiger partial charge in [-0.25, -0.2) is 4.79 Å². The topological polar surface area (TPSA) is 26.3 Å². The van der Waals surface area contributed by atoms with Gasteiger partial charge in [0, 0.05) is 0 Å². The SMILES string of the molecule is CCCCCCCCc1ccc(OC(=O)c2ccc(-c3ccc(C)cc3)cc2)cc1. The van der Waals surface area contributed by atoms with Gasteiger partial charge in [-0.1, -0.05) is 93.1 Å². The van der Waals surface area contributed by atoms with Crippen molar-refractivity contribution in [1.29, 1.82) is 0 Å². The van der Waals surface area contributed by atoms with Gasteiger partial charge in [-0.2, -0.15) is 0 Å². The third-order valence-electron chi connectivity index (χ3n) is 5.46. The van der Waals surface area contributed by atoms with Crippen LogP contribution in [0.5, 0.6) is 5.75 Å². The highest BCUT2D eigenvalue weighted by molar-refractivity contribution is 5.91. The van der Waals surface area contributed by atoms with E-state index < -0.39 is 0 Å². The van der Waals surface area contributed by atoms with Crippen LogP contribution >= 0.6 is 0 Å². The Hall–Kier alpha value is -2.87. The number of unbranched alkanes of at least 4 members (excludes halogenated alkanes) is 5. The molecule has 0 radical (unpaired) electrons. The largest absolute Gasteiger partial charge is 0.423 e. The van der Waals surface area contributed by atoms with Crippen LogP contribution in [0.3, 0.4) is 0 Å². The summed E-state index contributed by atoms with van der Waals surface area (Å²) in [6.45, 7) is 4.32. The lowest BCUT2D eigenvalue weighted by Gasteiger charge is -2.07. The molecule has 0 unspecified atom stereocenters. The molecule has 0 aliphatic carbocycles. The van der Waals surface area contributed by atoms with Gasteiger partial charge >= 0.3 is 5.97 Å². The average molecular weight is 401 g/mol. The van der Waals surface area contributed by atoms with E-state index in [0.29, 0.717) is 11.3 Å². The number of carbonyl (C=O) groups excluding carboxylic acids is 1. The molecule has 3 aromatic rings. The molecule has 2 heteroatoms. The van der Waals surface area contributed by atoms with Crippen molar-refractivity contribution in [2.24, 2.45) is 0 Å². The molecule has 0 aliphatic rings. The zero-order chi connectivity index (χ0) is 21.2. The van der Waals surface area contributed by atoms with E-state index >= 15 is 0 Å². The van der Waals surface area contributed by atoms with Crippen LogP contribution in [0.4, 0.5) is 0 Å². The lowest BCUT2D eigenvalue weighted by atomic mass is 10.0. The molecular weight excluding hydrogens is 368 g/mol. The number of rotatable bonds is 10. The Morgan fingerprint density at radius 2 is 1.27 bits per heavy atom. The lowest BCUT2D eigenvalue weighted by molar-refractivity contribution is 0.0734. The number of benzene rings is 3. The zero-order valence-corrected chi connectivity index (χ0v) is 18.2. The molecule has 0 saturated heterocycles. The van der Waals surface area contributed by atoms with Crippen LogP contribution in [-0.2, 0) is 6.42 Å². The number of aryl methyl sites for hydroxylation is 2. The first kappa shape index (κ1) is 21.8. The van der Waals surface area contributed by atoms with Gasteiger partial charge in [0.2, 0.25) is 0 Å². The number of carbonyl (C=O) groups is 1. The van der Waals surface area contributed by atoms with Crippen molar-refractivity contribution in [3.63, 3.8) is 0 Å². The van der Waals surface area contributed by atoms with Crippen LogP contribution in [-0.4, -0.2) is 5.97 Å². The molecule has 0 spiro atoms. The fraction of sp³-hybridized carbons (Fsp3) is 0.321. The molecule has 30 heavy (non-hydrogen) atoms. The fourth-order valence-corrected chi connectivity index (χ4v) is 3.54. The van der Waals surface area contributed by atoms with E-state index in [9.17, 15) is 4.79 Å². The normalized spacial score (nSPS) is 10.7. The predicted octanol–water partition coefficient (Wildman–Crippen LogP) is 7.78. The molecular formula is C28H32O2. The maximum Gasteiger partial charge on any atom is 0.343 e. The Morgan fingerprint density at radius 3 is 1.90 bits per heavy atom. The summed E-state index contributed by atoms with van der Waals surface area (Å²) < 4.78 is 5.55. The summed E-state index contributed by atoms with van der Waals surface area (Å²) in [6, 6.07) is 23.9. The maximum absolute atomic E-state index is 12.5. The van der Waals surface area contributed by atoms with Crippen molar-refractivity contribution in [3.8, 4) is 16.9 Å². The second-order valence-electron chi connectivity index (χ2n) is 7.99. The van der Waals surface area contributed by atoms with Crippen molar-refractivity contribution in [1.82, 2.24) is 0 Å². The van der Waals surface area contributed by atoms with Crippen LogP contribution in [0.25, 0.3) is 11.1 Å². The van der Waals surface area contributed by atoms with Crippen molar-refractivity contribution in [2.75, 3.05) is 0 Å². The van der Waals surface area contributed by atoms with Gasteiger partial charge in [0.05, 0.1) is 5.56 Å². The molecule has 0 heterocycles. The van der Waals surface area contributed by atoms with E-state index in [2.05, 4.69) is 50.2 Å². The highest BCUT2D eigenvalue weighted by Crippen LogP contribution is 2.21. The van der Waals surface area contributed by atoms with E-state index in [1.165, 1.54) is 49.7 Å². The number of ether oxygens (including phenoxy) is 1. The molecule has 0 bridgehead atoms. The van der Waals surface area contributed by atoms with Crippen LogP contribution < -0.4 is 4.74 Å². The maximum atomic E-state index is 12.5. The molecule has 2 nitrogen and oxygen atoms in total. The second-order valence-corrected chi connectivity index (χ2v) is 7.99. The molecule has 0 aliphatic heterocycles. The van der Waals surface area contributed by atoms with Crippen LogP contribution in [0.1, 0.15) is 66.9 Å². The molecule has 156 valence electrons. The molecule has 0 atom stereocenters. The highest BCUT2D eigenvalue weighted by atomic mass is 16.5. The lowest BCUT2D eigenvalue weighted by Crippen LogP contribution is -2.08. The Bertz CT molecular complexity index is 906. The van der Waals surface area contributed by atoms with Gasteiger partial charge in [-0.3, -0.25) is 0 Å². The van der Waals surface area contributed by atoms with Gasteiger partial charge in [-0.15, -0.1) is 0 Å². The van der Waals surface area contributed by atoms with E-state index in [1.807, 2.05) is 36.4 Å². The van der Waals surface area contributed by atoms with Gasteiger partial charge in [0.1, 0.15) is 5.75 Å². The number of esters is 1. The molecule has 3 aromatic carbocycles. The van der Waals surface area contributed by atoms with Gasteiger partial charge in [0.25, 0.3) is 0 Å². The molecule has 0 aromatic heterocycles. The van der Waals surface area contributed by atoms with Crippen molar-refractivity contribution in [3.05, 3.63) is 89.5 Å². The third kappa shape index (κ3) is 6.59. The standard InChI is InChI=1S/C28H32O2/c1-3-4-5-6-7-8-9-23-12-20-27(21-13-23)30-28(29)26-18-16-25(17-19-26)24-14-10-22(2)11-15-24/h10-21H,3-9H2,1-2H3. The van der Waals surface area contributed by atoms with E-state index in [4.69, 9.17) is 4.74 Å².